The van der Waals surface area contributed by atoms with Crippen LogP contribution in [0.2, 0.25) is 0 Å². The molecule has 1 amide bonds. The fourth-order valence-electron chi connectivity index (χ4n) is 3.38. The van der Waals surface area contributed by atoms with E-state index in [2.05, 4.69) is 0 Å². The molecule has 1 aliphatic heterocycles. The highest BCUT2D eigenvalue weighted by atomic mass is 32.2. The van der Waals surface area contributed by atoms with E-state index in [0.29, 0.717) is 37.2 Å². The minimum Gasteiger partial charge on any atom is -0.378 e. The second-order valence-corrected chi connectivity index (χ2v) is 8.72. The van der Waals surface area contributed by atoms with Crippen LogP contribution in [0.5, 0.6) is 0 Å². The molecule has 0 aliphatic carbocycles. The largest absolute Gasteiger partial charge is 0.378 e. The molecule has 29 heavy (non-hydrogen) atoms. The van der Waals surface area contributed by atoms with Crippen LogP contribution < -0.4 is 0 Å². The number of aryl methyl sites for hydroxylation is 1. The summed E-state index contributed by atoms with van der Waals surface area (Å²) in [6.07, 6.45) is 1.25. The first-order chi connectivity index (χ1) is 13.9. The van der Waals surface area contributed by atoms with Crippen LogP contribution >= 0.6 is 0 Å². The van der Waals surface area contributed by atoms with Crippen molar-refractivity contribution in [1.82, 2.24) is 8.87 Å². The van der Waals surface area contributed by atoms with Crippen molar-refractivity contribution in [2.75, 3.05) is 26.3 Å². The summed E-state index contributed by atoms with van der Waals surface area (Å²) in [7, 11) is -3.93. The monoisotopic (exact) mass is 412 g/mol. The van der Waals surface area contributed by atoms with E-state index in [1.165, 1.54) is 23.2 Å². The van der Waals surface area contributed by atoms with E-state index in [0.717, 1.165) is 9.54 Å². The lowest BCUT2D eigenvalue weighted by Gasteiger charge is -2.25. The van der Waals surface area contributed by atoms with E-state index in [1.807, 2.05) is 6.92 Å². The number of amides is 1. The molecule has 150 valence electrons. The molecule has 0 saturated carbocycles. The first kappa shape index (κ1) is 19.4. The third-order valence-electron chi connectivity index (χ3n) is 4.99. The maximum absolute atomic E-state index is 13.2. The number of carbonyl (C=O) groups excluding carboxylic acids is 2. The van der Waals surface area contributed by atoms with Gasteiger partial charge in [0, 0.05) is 24.7 Å². The highest BCUT2D eigenvalue weighted by Crippen LogP contribution is 2.27. The predicted molar refractivity (Wildman–Crippen MR) is 107 cm³/mol. The van der Waals surface area contributed by atoms with E-state index >= 15 is 0 Å². The summed E-state index contributed by atoms with van der Waals surface area (Å²) < 4.78 is 32.7. The lowest BCUT2D eigenvalue weighted by Crippen LogP contribution is -2.44. The van der Waals surface area contributed by atoms with Crippen molar-refractivity contribution >= 4 is 32.6 Å². The fraction of sp³-hybridized carbons (Fsp3) is 0.238. The molecule has 0 spiro atoms. The molecule has 2 aromatic carbocycles. The minimum atomic E-state index is -3.93. The average molecular weight is 412 g/mol. The minimum absolute atomic E-state index is 0.0766. The molecule has 3 aromatic rings. The molecule has 0 atom stereocenters. The van der Waals surface area contributed by atoms with Gasteiger partial charge in [0.2, 0.25) is 0 Å². The van der Waals surface area contributed by atoms with Crippen LogP contribution in [0, 0.1) is 6.92 Å². The number of hydrogen-bond donors (Lipinski definition) is 0. The summed E-state index contributed by atoms with van der Waals surface area (Å²) in [5, 5.41) is 0.426. The van der Waals surface area contributed by atoms with E-state index < -0.39 is 21.7 Å². The molecule has 2 heterocycles. The summed E-state index contributed by atoms with van der Waals surface area (Å²) >= 11 is 0. The van der Waals surface area contributed by atoms with Crippen LogP contribution in [0.3, 0.4) is 0 Å². The Labute approximate surface area is 168 Å². The zero-order valence-corrected chi connectivity index (χ0v) is 16.7. The van der Waals surface area contributed by atoms with Crippen LogP contribution in [0.25, 0.3) is 10.9 Å². The molecule has 7 nitrogen and oxygen atoms in total. The van der Waals surface area contributed by atoms with Crippen LogP contribution in [0.1, 0.15) is 15.9 Å². The molecule has 1 aromatic heterocycles. The smallest absolute Gasteiger partial charge is 0.295 e. The van der Waals surface area contributed by atoms with Crippen LogP contribution in [-0.4, -0.2) is 55.3 Å². The van der Waals surface area contributed by atoms with Gasteiger partial charge < -0.3 is 9.64 Å². The SMILES string of the molecule is Cc1ccc(S(=O)(=O)n2cc(C(=O)C(=O)N3CCOCC3)c3ccccc32)cc1. The van der Waals surface area contributed by atoms with Crippen molar-refractivity contribution in [2.24, 2.45) is 0 Å². The lowest BCUT2D eigenvalue weighted by atomic mass is 10.1. The molecular formula is C21H20N2O5S. The average Bonchev–Trinajstić information content (AvgIpc) is 3.14. The highest BCUT2D eigenvalue weighted by molar-refractivity contribution is 7.90. The number of benzene rings is 2. The van der Waals surface area contributed by atoms with Gasteiger partial charge in [-0.05, 0) is 25.1 Å². The fourth-order valence-corrected chi connectivity index (χ4v) is 4.75. The zero-order chi connectivity index (χ0) is 20.6. The Kier molecular flexibility index (Phi) is 4.97. The number of carbonyl (C=O) groups is 2. The van der Waals surface area contributed by atoms with Gasteiger partial charge in [-0.15, -0.1) is 0 Å². The molecule has 1 saturated heterocycles. The number of hydrogen-bond acceptors (Lipinski definition) is 5. The van der Waals surface area contributed by atoms with Crippen LogP contribution in [0.15, 0.2) is 59.6 Å². The van der Waals surface area contributed by atoms with Crippen molar-refractivity contribution in [3.8, 4) is 0 Å². The van der Waals surface area contributed by atoms with Gasteiger partial charge in [-0.1, -0.05) is 35.9 Å². The Bertz CT molecular complexity index is 1190. The van der Waals surface area contributed by atoms with Gasteiger partial charge in [-0.2, -0.15) is 0 Å². The summed E-state index contributed by atoms with van der Waals surface area (Å²) in [5.74, 6) is -1.37. The number of nitrogens with zero attached hydrogens (tertiary/aromatic N) is 2. The van der Waals surface area contributed by atoms with Gasteiger partial charge in [-0.25, -0.2) is 12.4 Å². The first-order valence-electron chi connectivity index (χ1n) is 9.23. The number of morpholine rings is 1. The maximum Gasteiger partial charge on any atom is 0.295 e. The van der Waals surface area contributed by atoms with Crippen molar-refractivity contribution in [1.29, 1.82) is 0 Å². The topological polar surface area (TPSA) is 85.7 Å². The van der Waals surface area contributed by atoms with E-state index in [-0.39, 0.29) is 10.5 Å². The number of para-hydroxylation sites is 1. The predicted octanol–water partition coefficient (Wildman–Crippen LogP) is 2.23. The lowest BCUT2D eigenvalue weighted by molar-refractivity contribution is -0.130. The number of ketones is 1. The van der Waals surface area contributed by atoms with Gasteiger partial charge in [0.1, 0.15) is 0 Å². The van der Waals surface area contributed by atoms with Gasteiger partial charge in [-0.3, -0.25) is 9.59 Å². The number of aromatic nitrogens is 1. The molecule has 0 bridgehead atoms. The second kappa shape index (κ2) is 7.46. The summed E-state index contributed by atoms with van der Waals surface area (Å²) in [6, 6.07) is 13.2. The number of ether oxygens (including phenoxy) is 1. The number of rotatable bonds is 4. The van der Waals surface area contributed by atoms with Gasteiger partial charge >= 0.3 is 0 Å². The Hall–Kier alpha value is -2.97. The molecule has 0 N–H and O–H groups in total. The Morgan fingerprint density at radius 1 is 0.966 bits per heavy atom. The summed E-state index contributed by atoms with van der Waals surface area (Å²) in [5.41, 5.74) is 1.37. The summed E-state index contributed by atoms with van der Waals surface area (Å²) in [6.45, 7) is 3.30. The number of Topliss-reactive ketones (excluding diaryl/α,β-unsaturated/α-hetero) is 1. The third-order valence-corrected chi connectivity index (χ3v) is 6.68. The van der Waals surface area contributed by atoms with E-state index in [1.54, 1.807) is 36.4 Å². The molecule has 1 fully saturated rings. The molecular weight excluding hydrogens is 392 g/mol. The van der Waals surface area contributed by atoms with Crippen LogP contribution in [-0.2, 0) is 19.6 Å². The second-order valence-electron chi connectivity index (χ2n) is 6.91. The normalized spacial score (nSPS) is 14.9. The van der Waals surface area contributed by atoms with Crippen molar-refractivity contribution in [3.05, 3.63) is 65.9 Å². The van der Waals surface area contributed by atoms with Gasteiger partial charge in [0.25, 0.3) is 21.7 Å². The molecule has 1 aliphatic rings. The van der Waals surface area contributed by atoms with Crippen LogP contribution in [0.4, 0.5) is 0 Å². The van der Waals surface area contributed by atoms with Gasteiger partial charge in [0.05, 0.1) is 29.2 Å². The zero-order valence-electron chi connectivity index (χ0n) is 15.9. The van der Waals surface area contributed by atoms with E-state index in [9.17, 15) is 18.0 Å². The third kappa shape index (κ3) is 3.45. The van der Waals surface area contributed by atoms with Crippen molar-refractivity contribution in [2.45, 2.75) is 11.8 Å². The molecule has 8 heteroatoms. The van der Waals surface area contributed by atoms with E-state index in [4.69, 9.17) is 4.74 Å². The van der Waals surface area contributed by atoms with Crippen molar-refractivity contribution < 1.29 is 22.7 Å². The maximum atomic E-state index is 13.2. The highest BCUT2D eigenvalue weighted by Gasteiger charge is 2.29. The standard InChI is InChI=1S/C21H20N2O5S/c1-15-6-8-16(9-7-15)29(26,27)23-14-18(17-4-2-3-5-19(17)23)20(24)21(25)22-10-12-28-13-11-22/h2-9,14H,10-13H2,1H3. The number of fused-ring (bicyclic) bond motifs is 1. The molecule has 4 rings (SSSR count). The Morgan fingerprint density at radius 2 is 1.62 bits per heavy atom. The molecule has 0 unspecified atom stereocenters. The molecule has 0 radical (unpaired) electrons. The Balaban J connectivity index is 1.80. The Morgan fingerprint density at radius 3 is 2.31 bits per heavy atom. The quantitative estimate of drug-likeness (QED) is 0.485. The van der Waals surface area contributed by atoms with Gasteiger partial charge in [0.15, 0.2) is 0 Å². The summed E-state index contributed by atoms with van der Waals surface area (Å²) in [4.78, 5) is 27.2. The first-order valence-corrected chi connectivity index (χ1v) is 10.7. The van der Waals surface area contributed by atoms with Crippen molar-refractivity contribution in [3.63, 3.8) is 0 Å².